The van der Waals surface area contributed by atoms with Crippen molar-refractivity contribution in [3.63, 3.8) is 0 Å². The highest BCUT2D eigenvalue weighted by atomic mass is 79.9. The van der Waals surface area contributed by atoms with Crippen LogP contribution in [0.15, 0.2) is 18.2 Å². The van der Waals surface area contributed by atoms with Crippen LogP contribution in [0.25, 0.3) is 0 Å². The van der Waals surface area contributed by atoms with Crippen LogP contribution in [0.5, 0.6) is 0 Å². The minimum absolute atomic E-state index is 0.0891. The Balaban J connectivity index is 2.72. The van der Waals surface area contributed by atoms with E-state index in [9.17, 15) is 8.78 Å². The predicted molar refractivity (Wildman–Crippen MR) is 87.3 cm³/mol. The highest BCUT2D eigenvalue weighted by Crippen LogP contribution is 2.40. The number of benzene rings is 2. The van der Waals surface area contributed by atoms with E-state index >= 15 is 0 Å². The van der Waals surface area contributed by atoms with Gasteiger partial charge in [-0.25, -0.2) is 8.78 Å². The molecular weight excluding hydrogens is 334 g/mol. The Morgan fingerprint density at radius 2 is 1.33 bits per heavy atom. The zero-order chi connectivity index (χ0) is 15.9. The number of aryl methyl sites for hydroxylation is 3. The highest BCUT2D eigenvalue weighted by Gasteiger charge is 2.24. The first kappa shape index (κ1) is 16.2. The van der Waals surface area contributed by atoms with E-state index in [2.05, 4.69) is 22.0 Å². The van der Waals surface area contributed by atoms with Crippen LogP contribution in [-0.4, -0.2) is 0 Å². The molecule has 0 nitrogen and oxygen atoms in total. The minimum Gasteiger partial charge on any atom is -0.207 e. The number of alkyl halides is 1. The average Bonchev–Trinajstić information content (AvgIpc) is 2.41. The van der Waals surface area contributed by atoms with E-state index in [1.807, 2.05) is 27.7 Å². The van der Waals surface area contributed by atoms with E-state index in [1.165, 1.54) is 12.1 Å². The van der Waals surface area contributed by atoms with Crippen molar-refractivity contribution in [2.24, 2.45) is 0 Å². The fourth-order valence-corrected chi connectivity index (χ4v) is 3.79. The van der Waals surface area contributed by atoms with E-state index in [4.69, 9.17) is 0 Å². The quantitative estimate of drug-likeness (QED) is 0.582. The second-order valence-corrected chi connectivity index (χ2v) is 6.54. The number of halogens is 3. The number of hydrogen-bond acceptors (Lipinski definition) is 0. The molecule has 0 saturated carbocycles. The molecule has 0 saturated heterocycles. The van der Waals surface area contributed by atoms with Crippen molar-refractivity contribution in [2.75, 3.05) is 0 Å². The van der Waals surface area contributed by atoms with E-state index in [1.54, 1.807) is 6.92 Å². The zero-order valence-corrected chi connectivity index (χ0v) is 14.5. The monoisotopic (exact) mass is 352 g/mol. The second kappa shape index (κ2) is 5.88. The van der Waals surface area contributed by atoms with E-state index < -0.39 is 16.5 Å². The van der Waals surface area contributed by atoms with E-state index in [0.29, 0.717) is 5.56 Å². The first-order valence-electron chi connectivity index (χ1n) is 6.91. The summed E-state index contributed by atoms with van der Waals surface area (Å²) in [6.07, 6.45) is 0. The van der Waals surface area contributed by atoms with Gasteiger partial charge in [0, 0.05) is 5.56 Å². The first-order valence-corrected chi connectivity index (χ1v) is 7.83. The van der Waals surface area contributed by atoms with Gasteiger partial charge in [0.1, 0.15) is 11.6 Å². The SMILES string of the molecule is Cc1cc(C)c(C)c(C(Br)c2c(F)ccc(C)c2F)c1C. The van der Waals surface area contributed by atoms with Crippen molar-refractivity contribution < 1.29 is 8.78 Å². The summed E-state index contributed by atoms with van der Waals surface area (Å²) in [5.41, 5.74) is 5.90. The van der Waals surface area contributed by atoms with E-state index in [-0.39, 0.29) is 5.56 Å². The lowest BCUT2D eigenvalue weighted by atomic mass is 9.89. The summed E-state index contributed by atoms with van der Waals surface area (Å²) >= 11 is 3.52. The molecule has 0 fully saturated rings. The average molecular weight is 353 g/mol. The maximum absolute atomic E-state index is 14.4. The third-order valence-corrected chi connectivity index (χ3v) is 5.17. The molecule has 2 aromatic carbocycles. The zero-order valence-electron chi connectivity index (χ0n) is 12.9. The Kier molecular flexibility index (Phi) is 4.52. The topological polar surface area (TPSA) is 0 Å². The molecule has 0 bridgehead atoms. The molecule has 0 radical (unpaired) electrons. The maximum atomic E-state index is 14.4. The van der Waals surface area contributed by atoms with Gasteiger partial charge in [-0.15, -0.1) is 0 Å². The Morgan fingerprint density at radius 1 is 0.810 bits per heavy atom. The fraction of sp³-hybridized carbons (Fsp3) is 0.333. The Hall–Kier alpha value is -1.22. The summed E-state index contributed by atoms with van der Waals surface area (Å²) in [6.45, 7) is 9.69. The number of hydrogen-bond donors (Lipinski definition) is 0. The van der Waals surface area contributed by atoms with Gasteiger partial charge in [0.15, 0.2) is 0 Å². The van der Waals surface area contributed by atoms with Gasteiger partial charge in [-0.05, 0) is 74.1 Å². The van der Waals surface area contributed by atoms with Gasteiger partial charge in [0.05, 0.1) is 4.83 Å². The van der Waals surface area contributed by atoms with Crippen molar-refractivity contribution in [3.8, 4) is 0 Å². The highest BCUT2D eigenvalue weighted by molar-refractivity contribution is 9.09. The molecule has 0 amide bonds. The van der Waals surface area contributed by atoms with Gasteiger partial charge in [-0.2, -0.15) is 0 Å². The van der Waals surface area contributed by atoms with Crippen molar-refractivity contribution in [1.29, 1.82) is 0 Å². The molecule has 1 atom stereocenters. The van der Waals surface area contributed by atoms with Gasteiger partial charge >= 0.3 is 0 Å². The van der Waals surface area contributed by atoms with Crippen LogP contribution in [-0.2, 0) is 0 Å². The largest absolute Gasteiger partial charge is 0.207 e. The molecule has 2 aromatic rings. The molecule has 112 valence electrons. The summed E-state index contributed by atoms with van der Waals surface area (Å²) in [5.74, 6) is -0.993. The predicted octanol–water partition coefficient (Wildman–Crippen LogP) is 5.99. The molecule has 0 spiro atoms. The van der Waals surface area contributed by atoms with Crippen LogP contribution in [0.4, 0.5) is 8.78 Å². The summed E-state index contributed by atoms with van der Waals surface area (Å²) < 4.78 is 28.6. The summed E-state index contributed by atoms with van der Waals surface area (Å²) in [7, 11) is 0. The van der Waals surface area contributed by atoms with Crippen LogP contribution in [0.1, 0.15) is 43.8 Å². The third-order valence-electron chi connectivity index (χ3n) is 4.25. The standard InChI is InChI=1S/C18H19BrF2/c1-9-6-7-14(20)16(18(9)21)17(19)15-12(4)10(2)8-11(3)13(15)5/h6-8,17H,1-5H3. The van der Waals surface area contributed by atoms with Crippen LogP contribution < -0.4 is 0 Å². The van der Waals surface area contributed by atoms with E-state index in [0.717, 1.165) is 27.8 Å². The Morgan fingerprint density at radius 3 is 1.86 bits per heavy atom. The molecule has 3 heteroatoms. The van der Waals surface area contributed by atoms with Crippen molar-refractivity contribution in [1.82, 2.24) is 0 Å². The van der Waals surface area contributed by atoms with Gasteiger partial charge in [0.2, 0.25) is 0 Å². The second-order valence-electron chi connectivity index (χ2n) is 5.63. The molecular formula is C18H19BrF2. The first-order chi connectivity index (χ1) is 9.75. The van der Waals surface area contributed by atoms with Crippen molar-refractivity contribution in [3.05, 3.63) is 68.8 Å². The smallest absolute Gasteiger partial charge is 0.133 e. The third kappa shape index (κ3) is 2.76. The molecule has 2 rings (SSSR count). The van der Waals surface area contributed by atoms with Gasteiger partial charge in [-0.3, -0.25) is 0 Å². The summed E-state index contributed by atoms with van der Waals surface area (Å²) in [4.78, 5) is -0.490. The molecule has 0 aliphatic carbocycles. The molecule has 0 heterocycles. The molecule has 0 N–H and O–H groups in total. The van der Waals surface area contributed by atoms with Crippen LogP contribution in [0, 0.1) is 46.3 Å². The molecule has 0 aliphatic rings. The Labute approximate surface area is 133 Å². The van der Waals surface area contributed by atoms with Crippen LogP contribution in [0.2, 0.25) is 0 Å². The van der Waals surface area contributed by atoms with Crippen LogP contribution in [0.3, 0.4) is 0 Å². The van der Waals surface area contributed by atoms with Crippen molar-refractivity contribution >= 4 is 15.9 Å². The summed E-state index contributed by atoms with van der Waals surface area (Å²) in [5, 5.41) is 0. The van der Waals surface area contributed by atoms with Gasteiger partial charge in [0.25, 0.3) is 0 Å². The fourth-order valence-electron chi connectivity index (χ4n) is 2.68. The molecule has 0 aliphatic heterocycles. The van der Waals surface area contributed by atoms with Gasteiger partial charge in [-0.1, -0.05) is 28.1 Å². The van der Waals surface area contributed by atoms with Crippen molar-refractivity contribution in [2.45, 2.75) is 39.4 Å². The normalized spacial score (nSPS) is 12.6. The lowest BCUT2D eigenvalue weighted by molar-refractivity contribution is 0.555. The molecule has 1 unspecified atom stereocenters. The Bertz CT molecular complexity index is 679. The van der Waals surface area contributed by atoms with Gasteiger partial charge < -0.3 is 0 Å². The maximum Gasteiger partial charge on any atom is 0.133 e. The number of rotatable bonds is 2. The molecule has 21 heavy (non-hydrogen) atoms. The minimum atomic E-state index is -0.516. The lowest BCUT2D eigenvalue weighted by Gasteiger charge is -2.21. The molecule has 0 aromatic heterocycles. The lowest BCUT2D eigenvalue weighted by Crippen LogP contribution is -2.07. The van der Waals surface area contributed by atoms with Crippen LogP contribution >= 0.6 is 15.9 Å². The summed E-state index contributed by atoms with van der Waals surface area (Å²) in [6, 6.07) is 4.90.